The fraction of sp³-hybridized carbons (Fsp3) is 0.462. The van der Waals surface area contributed by atoms with E-state index in [4.69, 9.17) is 5.26 Å². The van der Waals surface area contributed by atoms with Gasteiger partial charge < -0.3 is 0 Å². The molecule has 80 valence electrons. The molecule has 0 bridgehead atoms. The Balaban J connectivity index is 2.65. The lowest BCUT2D eigenvalue weighted by Crippen LogP contribution is -1.90. The summed E-state index contributed by atoms with van der Waals surface area (Å²) in [6.07, 6.45) is 1.20. The van der Waals surface area contributed by atoms with Gasteiger partial charge in [-0.15, -0.1) is 11.8 Å². The Morgan fingerprint density at radius 3 is 2.73 bits per heavy atom. The van der Waals surface area contributed by atoms with E-state index in [1.54, 1.807) is 11.8 Å². The predicted octanol–water partition coefficient (Wildman–Crippen LogP) is 4.00. The molecule has 0 fully saturated rings. The van der Waals surface area contributed by atoms with Crippen LogP contribution < -0.4 is 0 Å². The molecule has 0 spiro atoms. The van der Waals surface area contributed by atoms with Crippen LogP contribution in [0.4, 0.5) is 0 Å². The van der Waals surface area contributed by atoms with Gasteiger partial charge in [-0.25, -0.2) is 0 Å². The molecule has 0 aliphatic heterocycles. The van der Waals surface area contributed by atoms with Crippen LogP contribution in [0.3, 0.4) is 0 Å². The van der Waals surface area contributed by atoms with E-state index >= 15 is 0 Å². The molecule has 1 rings (SSSR count). The molecule has 0 aliphatic rings. The maximum absolute atomic E-state index is 8.99. The Kier molecular flexibility index (Phi) is 4.71. The summed E-state index contributed by atoms with van der Waals surface area (Å²) in [4.78, 5) is 1.11. The van der Waals surface area contributed by atoms with Crippen LogP contribution in [-0.2, 0) is 0 Å². The Hall–Kier alpha value is -0.940. The van der Waals surface area contributed by atoms with E-state index in [0.717, 1.165) is 27.7 Å². The zero-order valence-corrected chi connectivity index (χ0v) is 10.4. The molecule has 0 saturated heterocycles. The van der Waals surface area contributed by atoms with Crippen molar-refractivity contribution >= 4 is 11.8 Å². The number of nitriles is 1. The van der Waals surface area contributed by atoms with Gasteiger partial charge in [0.1, 0.15) is 6.07 Å². The second-order valence-corrected chi connectivity index (χ2v) is 5.28. The van der Waals surface area contributed by atoms with E-state index in [1.165, 1.54) is 6.42 Å². The number of rotatable bonds is 4. The minimum absolute atomic E-state index is 0.730. The standard InChI is InChI=1S/C13H17NS/c1-10(2)6-7-15-13-5-4-11(3)8-12(13)9-14/h4-5,8,10H,6-7H2,1-3H3. The molecule has 1 nitrogen and oxygen atoms in total. The first-order chi connectivity index (χ1) is 7.13. The maximum atomic E-state index is 8.99. The van der Waals surface area contributed by atoms with Crippen molar-refractivity contribution in [1.82, 2.24) is 0 Å². The average molecular weight is 219 g/mol. The minimum Gasteiger partial charge on any atom is -0.192 e. The van der Waals surface area contributed by atoms with Gasteiger partial charge in [0, 0.05) is 4.90 Å². The molecule has 0 saturated carbocycles. The molecule has 0 unspecified atom stereocenters. The molecule has 0 aliphatic carbocycles. The van der Waals surface area contributed by atoms with Crippen molar-refractivity contribution in [3.8, 4) is 6.07 Å². The molecule has 1 aromatic carbocycles. The molecular formula is C13H17NS. The van der Waals surface area contributed by atoms with E-state index in [9.17, 15) is 0 Å². The second-order valence-electron chi connectivity index (χ2n) is 4.14. The number of nitrogens with zero attached hydrogens (tertiary/aromatic N) is 1. The first kappa shape index (κ1) is 12.1. The topological polar surface area (TPSA) is 23.8 Å². The SMILES string of the molecule is Cc1ccc(SCCC(C)C)c(C#N)c1. The first-order valence-corrected chi connectivity index (χ1v) is 6.25. The second kappa shape index (κ2) is 5.82. The van der Waals surface area contributed by atoms with E-state index in [0.29, 0.717) is 0 Å². The van der Waals surface area contributed by atoms with E-state index in [-0.39, 0.29) is 0 Å². The zero-order chi connectivity index (χ0) is 11.3. The van der Waals surface area contributed by atoms with Crippen LogP contribution in [0.25, 0.3) is 0 Å². The average Bonchev–Trinajstić information content (AvgIpc) is 2.19. The fourth-order valence-corrected chi connectivity index (χ4v) is 2.50. The fourth-order valence-electron chi connectivity index (χ4n) is 1.26. The highest BCUT2D eigenvalue weighted by Crippen LogP contribution is 2.24. The summed E-state index contributed by atoms with van der Waals surface area (Å²) < 4.78 is 0. The number of benzene rings is 1. The monoisotopic (exact) mass is 219 g/mol. The lowest BCUT2D eigenvalue weighted by molar-refractivity contribution is 0.632. The van der Waals surface area contributed by atoms with Gasteiger partial charge in [0.05, 0.1) is 5.56 Å². The van der Waals surface area contributed by atoms with Crippen molar-refractivity contribution in [2.75, 3.05) is 5.75 Å². The molecular weight excluding hydrogens is 202 g/mol. The number of thioether (sulfide) groups is 1. The van der Waals surface area contributed by atoms with Crippen molar-refractivity contribution in [2.24, 2.45) is 5.92 Å². The largest absolute Gasteiger partial charge is 0.192 e. The van der Waals surface area contributed by atoms with E-state index in [1.807, 2.05) is 13.0 Å². The molecule has 0 amide bonds. The summed E-state index contributed by atoms with van der Waals surface area (Å²) in [6, 6.07) is 8.33. The van der Waals surface area contributed by atoms with Gasteiger partial charge in [0.2, 0.25) is 0 Å². The normalized spacial score (nSPS) is 10.3. The smallest absolute Gasteiger partial charge is 0.100 e. The van der Waals surface area contributed by atoms with Crippen LogP contribution in [0.5, 0.6) is 0 Å². The van der Waals surface area contributed by atoms with Gasteiger partial charge in [0.25, 0.3) is 0 Å². The van der Waals surface area contributed by atoms with Gasteiger partial charge in [0.15, 0.2) is 0 Å². The van der Waals surface area contributed by atoms with Gasteiger partial charge in [-0.2, -0.15) is 5.26 Å². The Labute approximate surface area is 96.5 Å². The Morgan fingerprint density at radius 2 is 2.13 bits per heavy atom. The third-order valence-electron chi connectivity index (χ3n) is 2.21. The number of aryl methyl sites for hydroxylation is 1. The van der Waals surface area contributed by atoms with Crippen LogP contribution in [0.1, 0.15) is 31.4 Å². The van der Waals surface area contributed by atoms with Gasteiger partial charge in [-0.05, 0) is 42.7 Å². The summed E-state index contributed by atoms with van der Waals surface area (Å²) in [5.74, 6) is 1.82. The summed E-state index contributed by atoms with van der Waals surface area (Å²) in [7, 11) is 0. The minimum atomic E-state index is 0.730. The van der Waals surface area contributed by atoms with Gasteiger partial charge in [-0.1, -0.05) is 19.9 Å². The lowest BCUT2D eigenvalue weighted by atomic mass is 10.1. The van der Waals surface area contributed by atoms with Crippen molar-refractivity contribution in [1.29, 1.82) is 5.26 Å². The van der Waals surface area contributed by atoms with Crippen molar-refractivity contribution < 1.29 is 0 Å². The lowest BCUT2D eigenvalue weighted by Gasteiger charge is -2.06. The highest BCUT2D eigenvalue weighted by molar-refractivity contribution is 7.99. The highest BCUT2D eigenvalue weighted by atomic mass is 32.2. The summed E-state index contributed by atoms with van der Waals surface area (Å²) in [5.41, 5.74) is 1.96. The molecule has 1 aromatic rings. The van der Waals surface area contributed by atoms with Crippen LogP contribution in [0, 0.1) is 24.2 Å². The van der Waals surface area contributed by atoms with Crippen molar-refractivity contribution in [2.45, 2.75) is 32.1 Å². The number of hydrogen-bond acceptors (Lipinski definition) is 2. The predicted molar refractivity (Wildman–Crippen MR) is 66.1 cm³/mol. The Bertz CT molecular complexity index is 363. The van der Waals surface area contributed by atoms with Gasteiger partial charge in [-0.3, -0.25) is 0 Å². The van der Waals surface area contributed by atoms with E-state index < -0.39 is 0 Å². The van der Waals surface area contributed by atoms with Crippen molar-refractivity contribution in [3.63, 3.8) is 0 Å². The zero-order valence-electron chi connectivity index (χ0n) is 9.58. The Morgan fingerprint density at radius 1 is 1.40 bits per heavy atom. The number of hydrogen-bond donors (Lipinski definition) is 0. The summed E-state index contributed by atoms with van der Waals surface area (Å²) in [5, 5.41) is 8.99. The maximum Gasteiger partial charge on any atom is 0.100 e. The molecule has 0 heterocycles. The van der Waals surface area contributed by atoms with Crippen LogP contribution in [0.2, 0.25) is 0 Å². The van der Waals surface area contributed by atoms with E-state index in [2.05, 4.69) is 32.0 Å². The van der Waals surface area contributed by atoms with Crippen LogP contribution in [0.15, 0.2) is 23.1 Å². The highest BCUT2D eigenvalue weighted by Gasteiger charge is 2.03. The van der Waals surface area contributed by atoms with Crippen LogP contribution in [-0.4, -0.2) is 5.75 Å². The van der Waals surface area contributed by atoms with Crippen molar-refractivity contribution in [3.05, 3.63) is 29.3 Å². The summed E-state index contributed by atoms with van der Waals surface area (Å²) >= 11 is 1.79. The molecule has 0 radical (unpaired) electrons. The van der Waals surface area contributed by atoms with Crippen LogP contribution >= 0.6 is 11.8 Å². The quantitative estimate of drug-likeness (QED) is 0.714. The summed E-state index contributed by atoms with van der Waals surface area (Å²) in [6.45, 7) is 6.46. The molecule has 0 N–H and O–H groups in total. The molecule has 2 heteroatoms. The molecule has 15 heavy (non-hydrogen) atoms. The molecule has 0 aromatic heterocycles. The first-order valence-electron chi connectivity index (χ1n) is 5.27. The third kappa shape index (κ3) is 3.97. The van der Waals surface area contributed by atoms with Gasteiger partial charge >= 0.3 is 0 Å². The molecule has 0 atom stereocenters. The third-order valence-corrected chi connectivity index (χ3v) is 3.32.